The van der Waals surface area contributed by atoms with E-state index in [1.807, 2.05) is 72.8 Å². The number of nitrogens with one attached hydrogen (secondary N) is 2. The number of hydrogen-bond donors (Lipinski definition) is 2. The average Bonchev–Trinajstić information content (AvgIpc) is 2.64. The van der Waals surface area contributed by atoms with Gasteiger partial charge in [0.05, 0.1) is 6.21 Å². The van der Waals surface area contributed by atoms with Gasteiger partial charge in [0.1, 0.15) is 11.5 Å². The van der Waals surface area contributed by atoms with Crippen molar-refractivity contribution in [3.8, 4) is 11.5 Å². The number of amides is 2. The van der Waals surface area contributed by atoms with Crippen LogP contribution in [0.5, 0.6) is 11.5 Å². The summed E-state index contributed by atoms with van der Waals surface area (Å²) in [6.45, 7) is 0. The van der Waals surface area contributed by atoms with Gasteiger partial charge in [0, 0.05) is 5.69 Å². The highest BCUT2D eigenvalue weighted by atomic mass is 16.5. The zero-order chi connectivity index (χ0) is 17.3. The van der Waals surface area contributed by atoms with Gasteiger partial charge in [-0.2, -0.15) is 5.10 Å². The molecule has 0 aliphatic heterocycles. The van der Waals surface area contributed by atoms with Gasteiger partial charge >= 0.3 is 6.03 Å². The lowest BCUT2D eigenvalue weighted by molar-refractivity contribution is 0.252. The van der Waals surface area contributed by atoms with Crippen molar-refractivity contribution in [3.05, 3.63) is 90.5 Å². The highest BCUT2D eigenvalue weighted by molar-refractivity contribution is 5.90. The smallest absolute Gasteiger partial charge is 0.339 e. The van der Waals surface area contributed by atoms with Crippen molar-refractivity contribution < 1.29 is 9.53 Å². The molecule has 0 heterocycles. The summed E-state index contributed by atoms with van der Waals surface area (Å²) in [6, 6.07) is 25.7. The van der Waals surface area contributed by atoms with Gasteiger partial charge in [-0.15, -0.1) is 0 Å². The highest BCUT2D eigenvalue weighted by Gasteiger charge is 1.99. The lowest BCUT2D eigenvalue weighted by Crippen LogP contribution is -2.24. The number of carbonyl (C=O) groups excluding carboxylic acids is 1. The monoisotopic (exact) mass is 331 g/mol. The Morgan fingerprint density at radius 3 is 2.28 bits per heavy atom. The highest BCUT2D eigenvalue weighted by Crippen LogP contribution is 2.21. The normalized spacial score (nSPS) is 10.4. The van der Waals surface area contributed by atoms with Crippen LogP contribution in [-0.2, 0) is 0 Å². The summed E-state index contributed by atoms with van der Waals surface area (Å²) < 4.78 is 5.76. The fraction of sp³-hybridized carbons (Fsp3) is 0. The fourth-order valence-electron chi connectivity index (χ4n) is 2.13. The van der Waals surface area contributed by atoms with Crippen LogP contribution in [0.4, 0.5) is 10.5 Å². The van der Waals surface area contributed by atoms with Gasteiger partial charge in [-0.1, -0.05) is 48.5 Å². The van der Waals surface area contributed by atoms with E-state index in [0.29, 0.717) is 11.4 Å². The minimum Gasteiger partial charge on any atom is -0.457 e. The maximum absolute atomic E-state index is 11.8. The van der Waals surface area contributed by atoms with Crippen LogP contribution in [0.2, 0.25) is 0 Å². The van der Waals surface area contributed by atoms with E-state index in [1.165, 1.54) is 0 Å². The van der Waals surface area contributed by atoms with Crippen LogP contribution in [0, 0.1) is 0 Å². The molecule has 5 heteroatoms. The van der Waals surface area contributed by atoms with E-state index in [-0.39, 0.29) is 0 Å². The predicted octanol–water partition coefficient (Wildman–Crippen LogP) is 4.63. The molecule has 0 aliphatic carbocycles. The molecule has 0 atom stereocenters. The Balaban J connectivity index is 1.56. The molecule has 0 aliphatic rings. The number of para-hydroxylation sites is 2. The molecule has 2 amide bonds. The summed E-state index contributed by atoms with van der Waals surface area (Å²) in [5, 5.41) is 6.63. The van der Waals surface area contributed by atoms with Gasteiger partial charge in [0.25, 0.3) is 0 Å². The Hall–Kier alpha value is -3.60. The molecule has 5 nitrogen and oxygen atoms in total. The average molecular weight is 331 g/mol. The second-order valence-electron chi connectivity index (χ2n) is 5.18. The van der Waals surface area contributed by atoms with Crippen molar-refractivity contribution in [2.24, 2.45) is 5.10 Å². The number of anilines is 1. The van der Waals surface area contributed by atoms with Crippen molar-refractivity contribution in [1.82, 2.24) is 5.43 Å². The summed E-state index contributed by atoms with van der Waals surface area (Å²) in [5.74, 6) is 1.46. The third kappa shape index (κ3) is 5.21. The third-order valence-corrected chi connectivity index (χ3v) is 3.25. The zero-order valence-electron chi connectivity index (χ0n) is 13.4. The standard InChI is InChI=1S/C20H17N3O2/c24-20(22-17-9-3-1-4-10-17)23-21-15-16-8-7-13-19(14-16)25-18-11-5-2-6-12-18/h1-15H,(H2,22,23,24)/b21-15-. The minimum absolute atomic E-state index is 0.404. The van der Waals surface area contributed by atoms with Crippen molar-refractivity contribution in [1.29, 1.82) is 0 Å². The van der Waals surface area contributed by atoms with Gasteiger partial charge in [-0.25, -0.2) is 10.2 Å². The summed E-state index contributed by atoms with van der Waals surface area (Å²) >= 11 is 0. The SMILES string of the molecule is O=C(N/N=C\c1cccc(Oc2ccccc2)c1)Nc1ccccc1. The molecule has 0 radical (unpaired) electrons. The maximum atomic E-state index is 11.8. The van der Waals surface area contributed by atoms with E-state index in [2.05, 4.69) is 15.8 Å². The number of urea groups is 1. The summed E-state index contributed by atoms with van der Waals surface area (Å²) in [5.41, 5.74) is 3.94. The first-order valence-electron chi connectivity index (χ1n) is 7.78. The number of benzene rings is 3. The van der Waals surface area contributed by atoms with Crippen molar-refractivity contribution in [2.45, 2.75) is 0 Å². The number of hydrogen-bond acceptors (Lipinski definition) is 3. The fourth-order valence-corrected chi connectivity index (χ4v) is 2.13. The van der Waals surface area contributed by atoms with E-state index in [9.17, 15) is 4.79 Å². The number of hydrazone groups is 1. The van der Waals surface area contributed by atoms with Gasteiger partial charge in [0.2, 0.25) is 0 Å². The predicted molar refractivity (Wildman–Crippen MR) is 99.1 cm³/mol. The van der Waals surface area contributed by atoms with Crippen molar-refractivity contribution in [3.63, 3.8) is 0 Å². The molecule has 0 spiro atoms. The third-order valence-electron chi connectivity index (χ3n) is 3.25. The molecular formula is C20H17N3O2. The molecule has 0 fully saturated rings. The van der Waals surface area contributed by atoms with Crippen LogP contribution < -0.4 is 15.5 Å². The van der Waals surface area contributed by atoms with Crippen LogP contribution in [0.1, 0.15) is 5.56 Å². The number of rotatable bonds is 5. The van der Waals surface area contributed by atoms with Crippen LogP contribution in [-0.4, -0.2) is 12.2 Å². The van der Waals surface area contributed by atoms with E-state index in [0.717, 1.165) is 11.3 Å². The van der Waals surface area contributed by atoms with Gasteiger partial charge in [-0.05, 0) is 42.0 Å². The van der Waals surface area contributed by atoms with Gasteiger partial charge in [-0.3, -0.25) is 0 Å². The molecule has 2 N–H and O–H groups in total. The lowest BCUT2D eigenvalue weighted by atomic mass is 10.2. The molecule has 25 heavy (non-hydrogen) atoms. The first-order valence-corrected chi connectivity index (χ1v) is 7.78. The quantitative estimate of drug-likeness (QED) is 0.529. The minimum atomic E-state index is -0.404. The van der Waals surface area contributed by atoms with E-state index in [1.54, 1.807) is 18.3 Å². The van der Waals surface area contributed by atoms with Crippen LogP contribution in [0.25, 0.3) is 0 Å². The zero-order valence-corrected chi connectivity index (χ0v) is 13.4. The van der Waals surface area contributed by atoms with Crippen LogP contribution >= 0.6 is 0 Å². The molecule has 0 saturated heterocycles. The molecule has 3 rings (SSSR count). The molecule has 3 aromatic carbocycles. The molecule has 0 bridgehead atoms. The Bertz CT molecular complexity index is 849. The topological polar surface area (TPSA) is 62.7 Å². The molecule has 124 valence electrons. The maximum Gasteiger partial charge on any atom is 0.339 e. The Morgan fingerprint density at radius 2 is 1.52 bits per heavy atom. The molecular weight excluding hydrogens is 314 g/mol. The second kappa shape index (κ2) is 8.31. The van der Waals surface area contributed by atoms with E-state index in [4.69, 9.17) is 4.74 Å². The van der Waals surface area contributed by atoms with Crippen LogP contribution in [0.3, 0.4) is 0 Å². The van der Waals surface area contributed by atoms with Gasteiger partial charge < -0.3 is 10.1 Å². The Kier molecular flexibility index (Phi) is 5.40. The summed E-state index contributed by atoms with van der Waals surface area (Å²) in [4.78, 5) is 11.8. The number of nitrogens with zero attached hydrogens (tertiary/aromatic N) is 1. The van der Waals surface area contributed by atoms with Crippen molar-refractivity contribution in [2.75, 3.05) is 5.32 Å². The number of carbonyl (C=O) groups is 1. The summed E-state index contributed by atoms with van der Waals surface area (Å²) in [6.07, 6.45) is 1.56. The molecule has 3 aromatic rings. The second-order valence-corrected chi connectivity index (χ2v) is 5.18. The van der Waals surface area contributed by atoms with Crippen molar-refractivity contribution >= 4 is 17.9 Å². The Morgan fingerprint density at radius 1 is 0.840 bits per heavy atom. The van der Waals surface area contributed by atoms with E-state index >= 15 is 0 Å². The first kappa shape index (κ1) is 16.3. The largest absolute Gasteiger partial charge is 0.457 e. The number of ether oxygens (including phenoxy) is 1. The molecule has 0 aromatic heterocycles. The molecule has 0 saturated carbocycles. The molecule has 0 unspecified atom stereocenters. The van der Waals surface area contributed by atoms with Crippen LogP contribution in [0.15, 0.2) is 90.0 Å². The first-order chi connectivity index (χ1) is 12.3. The van der Waals surface area contributed by atoms with E-state index < -0.39 is 6.03 Å². The summed E-state index contributed by atoms with van der Waals surface area (Å²) in [7, 11) is 0. The lowest BCUT2D eigenvalue weighted by Gasteiger charge is -2.06. The Labute approximate surface area is 146 Å². The van der Waals surface area contributed by atoms with Gasteiger partial charge in [0.15, 0.2) is 0 Å².